The van der Waals surface area contributed by atoms with E-state index in [1.807, 2.05) is 31.2 Å². The number of carbonyl (C=O) groups excluding carboxylic acids is 1. The molecule has 7 nitrogen and oxygen atoms in total. The molecule has 3 rings (SSSR count). The minimum atomic E-state index is -0.277. The minimum Gasteiger partial charge on any atom is -0.484 e. The van der Waals surface area contributed by atoms with Gasteiger partial charge in [0.15, 0.2) is 6.61 Å². The van der Waals surface area contributed by atoms with Crippen LogP contribution in [0.15, 0.2) is 55.1 Å². The molecule has 2 aromatic heterocycles. The van der Waals surface area contributed by atoms with Crippen LogP contribution in [-0.4, -0.2) is 32.3 Å². The molecule has 2 heterocycles. The quantitative estimate of drug-likeness (QED) is 0.779. The normalized spacial score (nSPS) is 10.3. The lowest BCUT2D eigenvalue weighted by molar-refractivity contribution is -0.118. The van der Waals surface area contributed by atoms with E-state index < -0.39 is 0 Å². The van der Waals surface area contributed by atoms with Gasteiger partial charge in [-0.25, -0.2) is 14.6 Å². The number of hydrogen-bond donors (Lipinski definition) is 1. The summed E-state index contributed by atoms with van der Waals surface area (Å²) in [6, 6.07) is 9.28. The number of nitrogens with zero attached hydrogens (tertiary/aromatic N) is 4. The zero-order valence-corrected chi connectivity index (χ0v) is 12.5. The molecule has 1 amide bonds. The summed E-state index contributed by atoms with van der Waals surface area (Å²) in [4.78, 5) is 20.1. The highest BCUT2D eigenvalue weighted by atomic mass is 16.5. The number of anilines is 1. The first-order valence-corrected chi connectivity index (χ1v) is 7.02. The van der Waals surface area contributed by atoms with Crippen molar-refractivity contribution in [3.05, 3.63) is 60.7 Å². The molecule has 0 spiro atoms. The van der Waals surface area contributed by atoms with Crippen molar-refractivity contribution in [3.8, 4) is 11.7 Å². The van der Waals surface area contributed by atoms with Gasteiger partial charge in [0, 0.05) is 12.4 Å². The fraction of sp³-hybridized carbons (Fsp3) is 0.125. The van der Waals surface area contributed by atoms with Crippen LogP contribution >= 0.6 is 0 Å². The number of carbonyl (C=O) groups is 1. The highest BCUT2D eigenvalue weighted by Crippen LogP contribution is 2.11. The van der Waals surface area contributed by atoms with E-state index in [9.17, 15) is 4.79 Å². The largest absolute Gasteiger partial charge is 0.484 e. The maximum absolute atomic E-state index is 11.9. The molecule has 116 valence electrons. The van der Waals surface area contributed by atoms with Crippen molar-refractivity contribution in [2.75, 3.05) is 11.9 Å². The number of hydrogen-bond acceptors (Lipinski definition) is 5. The van der Waals surface area contributed by atoms with Crippen LogP contribution in [0.2, 0.25) is 0 Å². The Hall–Kier alpha value is -3.22. The molecule has 0 atom stereocenters. The minimum absolute atomic E-state index is 0.0794. The van der Waals surface area contributed by atoms with Crippen LogP contribution in [0.4, 0.5) is 5.69 Å². The zero-order chi connectivity index (χ0) is 16.1. The second kappa shape index (κ2) is 6.69. The summed E-state index contributed by atoms with van der Waals surface area (Å²) < 4.78 is 6.94. The third kappa shape index (κ3) is 3.91. The zero-order valence-electron chi connectivity index (χ0n) is 12.5. The second-order valence-electron chi connectivity index (χ2n) is 4.87. The molecule has 23 heavy (non-hydrogen) atoms. The third-order valence-corrected chi connectivity index (χ3v) is 3.02. The molecule has 0 bridgehead atoms. The molecule has 3 aromatic rings. The Morgan fingerprint density at radius 2 is 1.96 bits per heavy atom. The molecule has 0 radical (unpaired) electrons. The number of nitrogens with one attached hydrogen (secondary N) is 1. The number of amides is 1. The highest BCUT2D eigenvalue weighted by molar-refractivity contribution is 5.91. The molecule has 0 saturated heterocycles. The van der Waals surface area contributed by atoms with Crippen molar-refractivity contribution < 1.29 is 9.53 Å². The summed E-state index contributed by atoms with van der Waals surface area (Å²) in [5.41, 5.74) is 1.63. The van der Waals surface area contributed by atoms with E-state index in [2.05, 4.69) is 20.4 Å². The Bertz CT molecular complexity index is 767. The van der Waals surface area contributed by atoms with Crippen LogP contribution in [0.25, 0.3) is 5.95 Å². The molecule has 0 fully saturated rings. The molecule has 0 saturated carbocycles. The number of ether oxygens (including phenoxy) is 1. The first kappa shape index (κ1) is 14.7. The van der Waals surface area contributed by atoms with E-state index in [1.54, 1.807) is 18.5 Å². The molecule has 1 aromatic carbocycles. The third-order valence-electron chi connectivity index (χ3n) is 3.02. The summed E-state index contributed by atoms with van der Waals surface area (Å²) in [5.74, 6) is 0.806. The van der Waals surface area contributed by atoms with Gasteiger partial charge in [-0.15, -0.1) is 0 Å². The summed E-state index contributed by atoms with van der Waals surface area (Å²) in [7, 11) is 0. The van der Waals surface area contributed by atoms with Crippen LogP contribution in [0.3, 0.4) is 0 Å². The van der Waals surface area contributed by atoms with Crippen molar-refractivity contribution in [2.24, 2.45) is 0 Å². The predicted octanol–water partition coefficient (Wildman–Crippen LogP) is 1.99. The average molecular weight is 309 g/mol. The number of rotatable bonds is 5. The Kier molecular flexibility index (Phi) is 4.28. The fourth-order valence-electron chi connectivity index (χ4n) is 1.87. The standard InChI is InChI=1S/C16H15N5O2/c1-12-3-5-14(6-4-12)23-11-15(22)20-13-9-17-16(18-10-13)21-8-2-7-19-21/h2-10H,11H2,1H3,(H,20,22). The van der Waals surface area contributed by atoms with Crippen molar-refractivity contribution in [2.45, 2.75) is 6.92 Å². The lowest BCUT2D eigenvalue weighted by atomic mass is 10.2. The van der Waals surface area contributed by atoms with E-state index in [-0.39, 0.29) is 12.5 Å². The van der Waals surface area contributed by atoms with Crippen molar-refractivity contribution in [1.29, 1.82) is 0 Å². The molecule has 0 aliphatic carbocycles. The molecule has 0 aliphatic rings. The number of benzene rings is 1. The van der Waals surface area contributed by atoms with Gasteiger partial charge in [-0.2, -0.15) is 5.10 Å². The lowest BCUT2D eigenvalue weighted by Gasteiger charge is -2.07. The first-order chi connectivity index (χ1) is 11.2. The molecule has 0 unspecified atom stereocenters. The SMILES string of the molecule is Cc1ccc(OCC(=O)Nc2cnc(-n3cccn3)nc2)cc1. The van der Waals surface area contributed by atoms with E-state index in [1.165, 1.54) is 17.1 Å². The maximum Gasteiger partial charge on any atom is 0.262 e. The van der Waals surface area contributed by atoms with E-state index in [0.29, 0.717) is 17.4 Å². The summed E-state index contributed by atoms with van der Waals surface area (Å²) >= 11 is 0. The Balaban J connectivity index is 1.54. The number of aryl methyl sites for hydroxylation is 1. The van der Waals surface area contributed by atoms with Gasteiger partial charge in [0.05, 0.1) is 18.1 Å². The van der Waals surface area contributed by atoms with Crippen molar-refractivity contribution in [3.63, 3.8) is 0 Å². The lowest BCUT2D eigenvalue weighted by Crippen LogP contribution is -2.20. The van der Waals surface area contributed by atoms with Gasteiger partial charge < -0.3 is 10.1 Å². The van der Waals surface area contributed by atoms with Crippen LogP contribution in [0.1, 0.15) is 5.56 Å². The molecule has 0 aliphatic heterocycles. The Morgan fingerprint density at radius 3 is 2.61 bits per heavy atom. The topological polar surface area (TPSA) is 81.9 Å². The van der Waals surface area contributed by atoms with E-state index in [0.717, 1.165) is 5.56 Å². The summed E-state index contributed by atoms with van der Waals surface area (Å²) in [6.07, 6.45) is 6.42. The van der Waals surface area contributed by atoms with Crippen LogP contribution in [0.5, 0.6) is 5.75 Å². The van der Waals surface area contributed by atoms with Crippen LogP contribution in [-0.2, 0) is 4.79 Å². The first-order valence-electron chi connectivity index (χ1n) is 7.02. The molecule has 1 N–H and O–H groups in total. The second-order valence-corrected chi connectivity index (χ2v) is 4.87. The van der Waals surface area contributed by atoms with Crippen LogP contribution in [0, 0.1) is 6.92 Å². The van der Waals surface area contributed by atoms with Gasteiger partial charge in [-0.1, -0.05) is 17.7 Å². The van der Waals surface area contributed by atoms with Gasteiger partial charge in [-0.3, -0.25) is 4.79 Å². The highest BCUT2D eigenvalue weighted by Gasteiger charge is 2.06. The Morgan fingerprint density at radius 1 is 1.22 bits per heavy atom. The van der Waals surface area contributed by atoms with E-state index in [4.69, 9.17) is 4.74 Å². The molecular weight excluding hydrogens is 294 g/mol. The maximum atomic E-state index is 11.9. The van der Waals surface area contributed by atoms with Crippen molar-refractivity contribution >= 4 is 11.6 Å². The summed E-state index contributed by atoms with van der Waals surface area (Å²) in [6.45, 7) is 1.91. The fourth-order valence-corrected chi connectivity index (χ4v) is 1.87. The van der Waals surface area contributed by atoms with Gasteiger partial charge >= 0.3 is 0 Å². The van der Waals surface area contributed by atoms with Crippen molar-refractivity contribution in [1.82, 2.24) is 19.7 Å². The average Bonchev–Trinajstić information content (AvgIpc) is 3.09. The molecular formula is C16H15N5O2. The van der Waals surface area contributed by atoms with Gasteiger partial charge in [0.25, 0.3) is 11.9 Å². The van der Waals surface area contributed by atoms with Gasteiger partial charge in [0.1, 0.15) is 5.75 Å². The Labute approximate surface area is 133 Å². The molecule has 7 heteroatoms. The summed E-state index contributed by atoms with van der Waals surface area (Å²) in [5, 5.41) is 6.71. The van der Waals surface area contributed by atoms with Gasteiger partial charge in [0.2, 0.25) is 0 Å². The predicted molar refractivity (Wildman–Crippen MR) is 84.5 cm³/mol. The van der Waals surface area contributed by atoms with Crippen LogP contribution < -0.4 is 10.1 Å². The van der Waals surface area contributed by atoms with Gasteiger partial charge in [-0.05, 0) is 25.1 Å². The van der Waals surface area contributed by atoms with E-state index >= 15 is 0 Å². The number of aromatic nitrogens is 4. The smallest absolute Gasteiger partial charge is 0.262 e. The monoisotopic (exact) mass is 309 g/mol.